The number of nitrogens with zero attached hydrogens (tertiary/aromatic N) is 1. The number of fused-ring (bicyclic) bond motifs is 1. The maximum absolute atomic E-state index is 13.1. The third-order valence-electron chi connectivity index (χ3n) is 6.36. The van der Waals surface area contributed by atoms with Gasteiger partial charge in [-0.05, 0) is 61.6 Å². The summed E-state index contributed by atoms with van der Waals surface area (Å²) >= 11 is 0. The number of benzene rings is 2. The maximum atomic E-state index is 13.1. The quantitative estimate of drug-likeness (QED) is 0.375. The van der Waals surface area contributed by atoms with E-state index >= 15 is 0 Å². The Bertz CT molecular complexity index is 1320. The van der Waals surface area contributed by atoms with Crippen LogP contribution >= 0.6 is 0 Å². The summed E-state index contributed by atoms with van der Waals surface area (Å²) in [5, 5.41) is 12.4. The van der Waals surface area contributed by atoms with Crippen LogP contribution in [-0.4, -0.2) is 57.6 Å². The van der Waals surface area contributed by atoms with E-state index < -0.39 is 39.4 Å². The lowest BCUT2D eigenvalue weighted by Gasteiger charge is -2.35. The zero-order valence-electron chi connectivity index (χ0n) is 22.3. The van der Waals surface area contributed by atoms with Crippen LogP contribution in [0.2, 0.25) is 0 Å². The third-order valence-corrected chi connectivity index (χ3v) is 8.19. The average molecular weight is 627 g/mol. The zero-order valence-corrected chi connectivity index (χ0v) is 23.1. The summed E-state index contributed by atoms with van der Waals surface area (Å²) in [7, 11) is -4.24. The lowest BCUT2D eigenvalue weighted by Crippen LogP contribution is -2.54. The van der Waals surface area contributed by atoms with Crippen LogP contribution in [0.4, 0.5) is 36.4 Å². The minimum Gasteiger partial charge on any atom is -0.379 e. The normalized spacial score (nSPS) is 17.5. The first-order chi connectivity index (χ1) is 19.5. The fraction of sp³-hybridized carbons (Fsp3) is 0.444. The molecule has 15 heteroatoms. The standard InChI is InChI=1S/C18H14F7NO3S.C7H13NO2.C2H2/c19-13-4-6-14(7-5-13)30(28,29)26-9-1-2-11-10-12(3-8-15(11)26)16(27,17(20,21)22)18(23,24)25;1-6(9)8-7-3-2-4-10-5-7;1-2/h3-8,10,27H,1-2,9H2;7H,2-5H2,1H3,(H,8,9);1-2H. The number of anilines is 1. The van der Waals surface area contributed by atoms with Crippen LogP contribution in [0.3, 0.4) is 0 Å². The van der Waals surface area contributed by atoms with E-state index in [1.54, 1.807) is 0 Å². The molecule has 2 heterocycles. The Kier molecular flexibility index (Phi) is 11.4. The molecule has 2 N–H and O–H groups in total. The van der Waals surface area contributed by atoms with E-state index in [1.807, 2.05) is 0 Å². The Morgan fingerprint density at radius 3 is 2.12 bits per heavy atom. The van der Waals surface area contributed by atoms with Gasteiger partial charge in [-0.3, -0.25) is 9.10 Å². The highest BCUT2D eigenvalue weighted by Crippen LogP contribution is 2.51. The summed E-state index contributed by atoms with van der Waals surface area (Å²) in [6.45, 7) is 2.99. The first-order valence-corrected chi connectivity index (χ1v) is 13.9. The number of hydrogen-bond acceptors (Lipinski definition) is 5. The predicted octanol–water partition coefficient (Wildman–Crippen LogP) is 4.83. The van der Waals surface area contributed by atoms with Gasteiger partial charge in [0.2, 0.25) is 5.91 Å². The van der Waals surface area contributed by atoms with Gasteiger partial charge in [-0.25, -0.2) is 12.8 Å². The molecule has 232 valence electrons. The molecule has 1 amide bonds. The lowest BCUT2D eigenvalue weighted by atomic mass is 9.89. The number of rotatable bonds is 4. The SMILES string of the molecule is C#C.CC(=O)NC1CCCOC1.O=S(=O)(c1ccc(F)cc1)N1CCCc2cc(C(O)(C(F)(F)F)C(F)(F)F)ccc21. The topological polar surface area (TPSA) is 95.9 Å². The van der Waals surface area contributed by atoms with Crippen LogP contribution in [0.5, 0.6) is 0 Å². The van der Waals surface area contributed by atoms with Crippen LogP contribution in [0.1, 0.15) is 37.3 Å². The zero-order chi connectivity index (χ0) is 31.9. The van der Waals surface area contributed by atoms with E-state index in [2.05, 4.69) is 18.2 Å². The highest BCUT2D eigenvalue weighted by atomic mass is 32.2. The number of ether oxygens (including phenoxy) is 1. The maximum Gasteiger partial charge on any atom is 0.430 e. The number of alkyl halides is 6. The number of carbonyl (C=O) groups is 1. The van der Waals surface area contributed by atoms with E-state index in [9.17, 15) is 49.1 Å². The number of halogens is 7. The Morgan fingerprint density at radius 1 is 1.02 bits per heavy atom. The lowest BCUT2D eigenvalue weighted by molar-refractivity contribution is -0.376. The van der Waals surface area contributed by atoms with Crippen molar-refractivity contribution in [1.82, 2.24) is 5.32 Å². The number of amides is 1. The molecule has 0 bridgehead atoms. The summed E-state index contributed by atoms with van der Waals surface area (Å²) in [5.74, 6) is -0.647. The van der Waals surface area contributed by atoms with Crippen LogP contribution in [-0.2, 0) is 31.6 Å². The van der Waals surface area contributed by atoms with Gasteiger partial charge in [-0.15, -0.1) is 12.8 Å². The first-order valence-electron chi connectivity index (χ1n) is 12.4. The molecule has 1 atom stereocenters. The van der Waals surface area contributed by atoms with E-state index in [4.69, 9.17) is 4.74 Å². The van der Waals surface area contributed by atoms with Crippen molar-refractivity contribution < 1.29 is 53.8 Å². The number of nitrogens with one attached hydrogen (secondary N) is 1. The summed E-state index contributed by atoms with van der Waals surface area (Å²) < 4.78 is 124. The molecule has 2 aromatic carbocycles. The molecule has 0 spiro atoms. The van der Waals surface area contributed by atoms with Gasteiger partial charge in [-0.1, -0.05) is 12.1 Å². The molecule has 2 aliphatic rings. The molecule has 0 aliphatic carbocycles. The predicted molar refractivity (Wildman–Crippen MR) is 139 cm³/mol. The number of sulfonamides is 1. The van der Waals surface area contributed by atoms with Gasteiger partial charge in [0.1, 0.15) is 5.82 Å². The van der Waals surface area contributed by atoms with Gasteiger partial charge in [0.15, 0.2) is 0 Å². The molecule has 2 aliphatic heterocycles. The van der Waals surface area contributed by atoms with Gasteiger partial charge in [0.05, 0.1) is 23.2 Å². The number of aryl methyl sites for hydroxylation is 1. The van der Waals surface area contributed by atoms with Gasteiger partial charge >= 0.3 is 12.4 Å². The number of terminal acetylenes is 1. The Hall–Kier alpha value is -3.35. The van der Waals surface area contributed by atoms with Crippen LogP contribution in [0.15, 0.2) is 47.4 Å². The molecular formula is C27H29F7N2O5S. The molecule has 0 radical (unpaired) electrons. The Morgan fingerprint density at radius 2 is 1.62 bits per heavy atom. The van der Waals surface area contributed by atoms with E-state index in [0.29, 0.717) is 18.7 Å². The molecule has 0 aromatic heterocycles. The van der Waals surface area contributed by atoms with E-state index in [-0.39, 0.29) is 47.5 Å². The van der Waals surface area contributed by atoms with Crippen molar-refractivity contribution in [2.45, 2.75) is 61.5 Å². The second-order valence-corrected chi connectivity index (χ2v) is 11.2. The van der Waals surface area contributed by atoms with Gasteiger partial charge in [0.25, 0.3) is 15.6 Å². The second kappa shape index (κ2) is 13.7. The largest absolute Gasteiger partial charge is 0.430 e. The molecule has 7 nitrogen and oxygen atoms in total. The van der Waals surface area contributed by atoms with Crippen molar-refractivity contribution in [2.24, 2.45) is 0 Å². The summed E-state index contributed by atoms with van der Waals surface area (Å²) in [6, 6.07) is 5.79. The van der Waals surface area contributed by atoms with Crippen molar-refractivity contribution in [1.29, 1.82) is 0 Å². The molecule has 1 saturated heterocycles. The van der Waals surface area contributed by atoms with Crippen molar-refractivity contribution in [3.05, 3.63) is 59.4 Å². The molecular weight excluding hydrogens is 597 g/mol. The highest BCUT2D eigenvalue weighted by Gasteiger charge is 2.71. The summed E-state index contributed by atoms with van der Waals surface area (Å²) in [6.07, 6.45) is -1.86. The molecule has 4 rings (SSSR count). The molecule has 1 fully saturated rings. The fourth-order valence-electron chi connectivity index (χ4n) is 4.40. The van der Waals surface area contributed by atoms with Gasteiger partial charge in [0, 0.05) is 25.6 Å². The summed E-state index contributed by atoms with van der Waals surface area (Å²) in [5.41, 5.74) is -6.77. The van der Waals surface area contributed by atoms with Crippen molar-refractivity contribution in [3.63, 3.8) is 0 Å². The van der Waals surface area contributed by atoms with Crippen LogP contribution in [0.25, 0.3) is 0 Å². The summed E-state index contributed by atoms with van der Waals surface area (Å²) in [4.78, 5) is 10.3. The molecule has 42 heavy (non-hydrogen) atoms. The monoisotopic (exact) mass is 626 g/mol. The number of carbonyl (C=O) groups excluding carboxylic acids is 1. The molecule has 2 aromatic rings. The van der Waals surface area contributed by atoms with Gasteiger partial charge < -0.3 is 15.2 Å². The second-order valence-electron chi connectivity index (χ2n) is 9.30. The first kappa shape index (κ1) is 34.8. The van der Waals surface area contributed by atoms with Crippen molar-refractivity contribution in [3.8, 4) is 12.8 Å². The number of hydrogen-bond donors (Lipinski definition) is 2. The van der Waals surface area contributed by atoms with Crippen molar-refractivity contribution in [2.75, 3.05) is 24.1 Å². The fourth-order valence-corrected chi connectivity index (χ4v) is 5.94. The smallest absolute Gasteiger partial charge is 0.379 e. The average Bonchev–Trinajstić information content (AvgIpc) is 2.92. The molecule has 1 unspecified atom stereocenters. The Balaban J connectivity index is 0.000000431. The number of aliphatic hydroxyl groups is 1. The Labute approximate surface area is 238 Å². The minimum absolute atomic E-state index is 0.00437. The van der Waals surface area contributed by atoms with Gasteiger partial charge in [-0.2, -0.15) is 26.3 Å². The molecule has 0 saturated carbocycles. The van der Waals surface area contributed by atoms with Crippen molar-refractivity contribution >= 4 is 21.6 Å². The highest BCUT2D eigenvalue weighted by molar-refractivity contribution is 7.92. The van der Waals surface area contributed by atoms with Crippen LogP contribution < -0.4 is 9.62 Å². The van der Waals surface area contributed by atoms with Crippen LogP contribution in [0, 0.1) is 18.7 Å². The third kappa shape index (κ3) is 7.73. The minimum atomic E-state index is -6.05. The van der Waals surface area contributed by atoms with E-state index in [0.717, 1.165) is 54.1 Å². The van der Waals surface area contributed by atoms with E-state index in [1.165, 1.54) is 6.92 Å².